The van der Waals surface area contributed by atoms with E-state index < -0.39 is 26.5 Å². The third kappa shape index (κ3) is 8.24. The van der Waals surface area contributed by atoms with Crippen molar-refractivity contribution < 1.29 is 28.5 Å². The van der Waals surface area contributed by atoms with Crippen LogP contribution in [0.5, 0.6) is 0 Å². The normalized spacial score (nSPS) is 12.5. The second-order valence-electron chi connectivity index (χ2n) is 10.2. The number of nitrogens with zero attached hydrogens (tertiary/aromatic N) is 1. The minimum atomic E-state index is -2.68. The van der Waals surface area contributed by atoms with Crippen molar-refractivity contribution in [1.29, 1.82) is 0 Å². The maximum Gasteiger partial charge on any atom is 0.305 e. The number of rotatable bonds is 11. The average molecular weight is 586 g/mol. The number of carbonyl (C=O) groups is 1. The highest BCUT2D eigenvalue weighted by atomic mass is 31.1. The van der Waals surface area contributed by atoms with Crippen LogP contribution in [0.3, 0.4) is 0 Å². The predicted molar refractivity (Wildman–Crippen MR) is 163 cm³/mol. The fraction of sp³-hybridized carbons (Fsp3) is 0.235. The number of aliphatic carboxylic acids is 1. The average Bonchev–Trinajstić information content (AvgIpc) is 2.96. The van der Waals surface area contributed by atoms with Crippen LogP contribution in [0.15, 0.2) is 91.0 Å². The Bertz CT molecular complexity index is 1540. The Labute approximate surface area is 246 Å². The molecule has 2 unspecified atom stereocenters. The van der Waals surface area contributed by atoms with Gasteiger partial charge in [-0.2, -0.15) is 0 Å². The highest BCUT2D eigenvalue weighted by Gasteiger charge is 2.23. The van der Waals surface area contributed by atoms with E-state index >= 15 is 0 Å². The fourth-order valence-electron chi connectivity index (χ4n) is 4.73. The zero-order chi connectivity index (χ0) is 30.1. The van der Waals surface area contributed by atoms with Gasteiger partial charge < -0.3 is 14.7 Å². The molecule has 0 bridgehead atoms. The van der Waals surface area contributed by atoms with E-state index in [2.05, 4.69) is 36.1 Å². The van der Waals surface area contributed by atoms with E-state index in [0.29, 0.717) is 5.56 Å². The van der Waals surface area contributed by atoms with E-state index in [1.54, 1.807) is 12.1 Å². The lowest BCUT2D eigenvalue weighted by Crippen LogP contribution is -2.15. The monoisotopic (exact) mass is 585 g/mol. The van der Waals surface area contributed by atoms with Gasteiger partial charge in [0.05, 0.1) is 35.4 Å². The summed E-state index contributed by atoms with van der Waals surface area (Å²) in [6.07, 6.45) is -2.01. The van der Waals surface area contributed by atoms with Gasteiger partial charge in [0.25, 0.3) is 0 Å². The fourth-order valence-corrected chi connectivity index (χ4v) is 5.61. The zero-order valence-corrected chi connectivity index (χ0v) is 24.5. The Hall–Kier alpha value is -4.08. The van der Waals surface area contributed by atoms with Crippen molar-refractivity contribution in [2.75, 3.05) is 12.8 Å². The number of aliphatic hydroxyl groups excluding tert-OH is 1. The van der Waals surface area contributed by atoms with Crippen molar-refractivity contribution in [3.8, 4) is 23.0 Å². The molecule has 0 aliphatic heterocycles. The van der Waals surface area contributed by atoms with Gasteiger partial charge in [-0.05, 0) is 40.8 Å². The molecule has 0 saturated heterocycles. The molecule has 0 spiro atoms. The van der Waals surface area contributed by atoms with Crippen molar-refractivity contribution in [3.05, 3.63) is 125 Å². The summed E-state index contributed by atoms with van der Waals surface area (Å²) in [5.74, 6) is 4.38. The molecule has 0 fully saturated rings. The number of pyridine rings is 1. The highest BCUT2D eigenvalue weighted by Crippen LogP contribution is 2.37. The van der Waals surface area contributed by atoms with Crippen LogP contribution < -0.4 is 0 Å². The van der Waals surface area contributed by atoms with E-state index in [1.807, 2.05) is 56.3 Å². The summed E-state index contributed by atoms with van der Waals surface area (Å²) in [6, 6.07) is 28.5. The first-order valence-corrected chi connectivity index (χ1v) is 15.2. The minimum absolute atomic E-state index is 0.00754. The quantitative estimate of drug-likeness (QED) is 0.147. The van der Waals surface area contributed by atoms with Crippen molar-refractivity contribution in [1.82, 2.24) is 4.98 Å². The van der Waals surface area contributed by atoms with Gasteiger partial charge in [0.2, 0.25) is 0 Å². The largest absolute Gasteiger partial charge is 0.481 e. The molecule has 1 heterocycles. The van der Waals surface area contributed by atoms with Crippen LogP contribution >= 0.6 is 8.03 Å². The van der Waals surface area contributed by atoms with Gasteiger partial charge in [-0.15, -0.1) is 0 Å². The molecule has 0 aliphatic carbocycles. The molecular weight excluding hydrogens is 552 g/mol. The number of hydrogen-bond donors (Lipinski definition) is 2. The predicted octanol–water partition coefficient (Wildman–Crippen LogP) is 6.87. The van der Waals surface area contributed by atoms with Crippen LogP contribution in [0.25, 0.3) is 11.1 Å². The lowest BCUT2D eigenvalue weighted by Gasteiger charge is -2.22. The van der Waals surface area contributed by atoms with E-state index in [1.165, 1.54) is 12.1 Å². The van der Waals surface area contributed by atoms with Crippen LogP contribution in [-0.4, -0.2) is 40.0 Å². The van der Waals surface area contributed by atoms with Gasteiger partial charge >= 0.3 is 5.97 Å². The van der Waals surface area contributed by atoms with Crippen LogP contribution in [0, 0.1) is 17.7 Å². The molecule has 0 radical (unpaired) electrons. The number of carboxylic acid groups (broad SMARTS) is 1. The zero-order valence-electron chi connectivity index (χ0n) is 23.5. The maximum atomic E-state index is 13.9. The molecule has 1 aromatic heterocycles. The Balaban J connectivity index is 1.78. The van der Waals surface area contributed by atoms with Gasteiger partial charge in [0.1, 0.15) is 12.4 Å². The van der Waals surface area contributed by atoms with Crippen LogP contribution in [0.2, 0.25) is 0 Å². The molecule has 2 atom stereocenters. The molecule has 0 aliphatic rings. The molecule has 42 heavy (non-hydrogen) atoms. The SMILES string of the molecule is CC(C)c1nc(C(c2ccccc2)c2ccccc2)cc(-c2ccc(F)cc2)c1C#CCO[PH](=O)CC(O)CC(=O)O. The lowest BCUT2D eigenvalue weighted by atomic mass is 9.85. The first kappa shape index (κ1) is 30.9. The van der Waals surface area contributed by atoms with Crippen LogP contribution in [0.1, 0.15) is 60.2 Å². The van der Waals surface area contributed by atoms with E-state index in [9.17, 15) is 18.9 Å². The van der Waals surface area contributed by atoms with Gasteiger partial charge in [0, 0.05) is 11.7 Å². The molecule has 216 valence electrons. The summed E-state index contributed by atoms with van der Waals surface area (Å²) in [5.41, 5.74) is 5.98. The summed E-state index contributed by atoms with van der Waals surface area (Å²) in [4.78, 5) is 15.9. The standard InChI is InChI=1S/C34H33FNO5P/c1-23(2)34-29(14-9-19-41-42(40)22-28(37)20-32(38)39)30(24-15-17-27(35)18-16-24)21-31(36-34)33(25-10-5-3-6-11-25)26-12-7-4-8-13-26/h3-8,10-13,15-18,21,23,28,33,37,42H,19-20,22H2,1-2H3,(H,38,39). The number of aromatic nitrogens is 1. The third-order valence-corrected chi connectivity index (χ3v) is 7.93. The molecule has 0 amide bonds. The summed E-state index contributed by atoms with van der Waals surface area (Å²) < 4.78 is 31.4. The summed E-state index contributed by atoms with van der Waals surface area (Å²) in [7, 11) is -2.68. The van der Waals surface area contributed by atoms with Crippen molar-refractivity contribution in [2.45, 2.75) is 38.2 Å². The Morgan fingerprint density at radius 2 is 1.57 bits per heavy atom. The maximum absolute atomic E-state index is 13.9. The Kier molecular flexibility index (Phi) is 10.8. The number of carboxylic acids is 1. The first-order chi connectivity index (χ1) is 20.2. The second kappa shape index (κ2) is 14.7. The summed E-state index contributed by atoms with van der Waals surface area (Å²) in [6.45, 7) is 3.89. The third-order valence-electron chi connectivity index (χ3n) is 6.66. The molecule has 0 saturated carbocycles. The number of aliphatic hydroxyl groups is 1. The summed E-state index contributed by atoms with van der Waals surface area (Å²) in [5, 5.41) is 18.5. The highest BCUT2D eigenvalue weighted by molar-refractivity contribution is 7.39. The first-order valence-electron chi connectivity index (χ1n) is 13.7. The Morgan fingerprint density at radius 3 is 2.12 bits per heavy atom. The molecule has 8 heteroatoms. The van der Waals surface area contributed by atoms with Crippen molar-refractivity contribution >= 4 is 14.0 Å². The molecule has 4 aromatic rings. The Morgan fingerprint density at radius 1 is 0.976 bits per heavy atom. The van der Waals surface area contributed by atoms with E-state index in [4.69, 9.17) is 14.6 Å². The number of benzene rings is 3. The van der Waals surface area contributed by atoms with Crippen molar-refractivity contribution in [2.24, 2.45) is 0 Å². The van der Waals surface area contributed by atoms with Gasteiger partial charge in [-0.1, -0.05) is 98.5 Å². The van der Waals surface area contributed by atoms with Gasteiger partial charge in [0.15, 0.2) is 8.03 Å². The molecule has 2 N–H and O–H groups in total. The van der Waals surface area contributed by atoms with Crippen molar-refractivity contribution in [3.63, 3.8) is 0 Å². The lowest BCUT2D eigenvalue weighted by molar-refractivity contribution is -0.138. The topological polar surface area (TPSA) is 96.7 Å². The number of hydrogen-bond acceptors (Lipinski definition) is 5. The molecule has 6 nitrogen and oxygen atoms in total. The molecular formula is C34H33FNO5P. The number of halogens is 1. The molecule has 4 rings (SSSR count). The second-order valence-corrected chi connectivity index (χ2v) is 11.6. The summed E-state index contributed by atoms with van der Waals surface area (Å²) >= 11 is 0. The van der Waals surface area contributed by atoms with Gasteiger partial charge in [-0.25, -0.2) is 4.39 Å². The van der Waals surface area contributed by atoms with Crippen LogP contribution in [-0.2, 0) is 13.9 Å². The van der Waals surface area contributed by atoms with Gasteiger partial charge in [-0.3, -0.25) is 14.3 Å². The van der Waals surface area contributed by atoms with Crippen LogP contribution in [0.4, 0.5) is 4.39 Å². The van der Waals surface area contributed by atoms with E-state index in [0.717, 1.165) is 33.6 Å². The molecule has 3 aromatic carbocycles. The minimum Gasteiger partial charge on any atom is -0.481 e. The smallest absolute Gasteiger partial charge is 0.305 e. The van der Waals surface area contributed by atoms with E-state index in [-0.39, 0.29) is 30.4 Å².